The summed E-state index contributed by atoms with van der Waals surface area (Å²) in [6, 6.07) is -0.136. The maximum Gasteiger partial charge on any atom is 0.239 e. The molecule has 0 radical (unpaired) electrons. The molecule has 17 heavy (non-hydrogen) atoms. The number of carbonyl (C=O) groups is 1. The van der Waals surface area contributed by atoms with Crippen molar-refractivity contribution in [3.05, 3.63) is 0 Å². The van der Waals surface area contributed by atoms with E-state index in [1.165, 1.54) is 0 Å². The molecule has 0 aromatic carbocycles. The van der Waals surface area contributed by atoms with Crippen LogP contribution in [0.25, 0.3) is 0 Å². The molecule has 0 bridgehead atoms. The van der Waals surface area contributed by atoms with Gasteiger partial charge in [-0.3, -0.25) is 4.79 Å². The van der Waals surface area contributed by atoms with Crippen LogP contribution >= 0.6 is 0 Å². The van der Waals surface area contributed by atoms with Crippen molar-refractivity contribution in [3.63, 3.8) is 0 Å². The molecule has 0 heterocycles. The maximum atomic E-state index is 12.0. The molecule has 0 aliphatic rings. The summed E-state index contributed by atoms with van der Waals surface area (Å²) in [5.74, 6) is 0.612. The number of aliphatic hydroxyl groups excluding tert-OH is 1. The molecule has 0 aromatic heterocycles. The van der Waals surface area contributed by atoms with Gasteiger partial charge >= 0.3 is 0 Å². The van der Waals surface area contributed by atoms with Crippen molar-refractivity contribution in [1.29, 1.82) is 0 Å². The Morgan fingerprint density at radius 2 is 1.88 bits per heavy atom. The highest BCUT2D eigenvalue weighted by Gasteiger charge is 2.18. The molecular weight excluding hydrogens is 216 g/mol. The first-order valence-corrected chi connectivity index (χ1v) is 6.73. The summed E-state index contributed by atoms with van der Waals surface area (Å²) in [6.45, 7) is 10.5. The summed E-state index contributed by atoms with van der Waals surface area (Å²) in [7, 11) is 0. The SMILES string of the molecule is CCC(CCO)CNC(C)C(=O)N(CC)CC. The van der Waals surface area contributed by atoms with E-state index in [-0.39, 0.29) is 18.6 Å². The number of aliphatic hydroxyl groups is 1. The van der Waals surface area contributed by atoms with Gasteiger partial charge < -0.3 is 15.3 Å². The first-order valence-electron chi connectivity index (χ1n) is 6.73. The average molecular weight is 244 g/mol. The average Bonchev–Trinajstić information content (AvgIpc) is 2.35. The lowest BCUT2D eigenvalue weighted by molar-refractivity contribution is -0.132. The van der Waals surface area contributed by atoms with Crippen molar-refractivity contribution in [3.8, 4) is 0 Å². The highest BCUT2D eigenvalue weighted by molar-refractivity contribution is 5.81. The van der Waals surface area contributed by atoms with Crippen LogP contribution in [0.3, 0.4) is 0 Å². The molecule has 2 atom stereocenters. The van der Waals surface area contributed by atoms with Crippen LogP contribution in [-0.2, 0) is 4.79 Å². The van der Waals surface area contributed by atoms with Crippen LogP contribution in [0.15, 0.2) is 0 Å². The van der Waals surface area contributed by atoms with Crippen LogP contribution in [0.2, 0.25) is 0 Å². The largest absolute Gasteiger partial charge is 0.396 e. The lowest BCUT2D eigenvalue weighted by Gasteiger charge is -2.25. The van der Waals surface area contributed by atoms with E-state index in [4.69, 9.17) is 5.11 Å². The highest BCUT2D eigenvalue weighted by atomic mass is 16.3. The lowest BCUT2D eigenvalue weighted by Crippen LogP contribution is -2.46. The van der Waals surface area contributed by atoms with Crippen molar-refractivity contribution >= 4 is 5.91 Å². The molecular formula is C13H28N2O2. The fraction of sp³-hybridized carbons (Fsp3) is 0.923. The van der Waals surface area contributed by atoms with Crippen LogP contribution < -0.4 is 5.32 Å². The van der Waals surface area contributed by atoms with E-state index in [1.807, 2.05) is 25.7 Å². The van der Waals surface area contributed by atoms with Gasteiger partial charge in [-0.25, -0.2) is 0 Å². The summed E-state index contributed by atoms with van der Waals surface area (Å²) in [4.78, 5) is 13.8. The van der Waals surface area contributed by atoms with Gasteiger partial charge in [-0.15, -0.1) is 0 Å². The number of nitrogens with zero attached hydrogens (tertiary/aromatic N) is 1. The number of rotatable bonds is 9. The number of likely N-dealkylation sites (N-methyl/N-ethyl adjacent to an activating group) is 1. The molecule has 0 aliphatic heterocycles. The predicted molar refractivity (Wildman–Crippen MR) is 70.9 cm³/mol. The molecule has 2 unspecified atom stereocenters. The minimum atomic E-state index is -0.136. The topological polar surface area (TPSA) is 52.6 Å². The third kappa shape index (κ3) is 6.03. The van der Waals surface area contributed by atoms with Gasteiger partial charge in [-0.1, -0.05) is 13.3 Å². The second kappa shape index (κ2) is 9.42. The zero-order chi connectivity index (χ0) is 13.3. The summed E-state index contributed by atoms with van der Waals surface area (Å²) in [5.41, 5.74) is 0. The first-order chi connectivity index (χ1) is 8.10. The van der Waals surface area contributed by atoms with Crippen LogP contribution in [0.1, 0.15) is 40.5 Å². The molecule has 0 spiro atoms. The normalized spacial score (nSPS) is 14.4. The van der Waals surface area contributed by atoms with Gasteiger partial charge in [0.05, 0.1) is 6.04 Å². The smallest absolute Gasteiger partial charge is 0.239 e. The standard InChI is InChI=1S/C13H28N2O2/c1-5-12(8-9-16)10-14-11(4)13(17)15(6-2)7-3/h11-12,14,16H,5-10H2,1-4H3. The van der Waals surface area contributed by atoms with E-state index < -0.39 is 0 Å². The molecule has 0 fully saturated rings. The van der Waals surface area contributed by atoms with E-state index in [9.17, 15) is 4.79 Å². The van der Waals surface area contributed by atoms with E-state index in [0.717, 1.165) is 32.5 Å². The Hall–Kier alpha value is -0.610. The quantitative estimate of drug-likeness (QED) is 0.641. The van der Waals surface area contributed by atoms with Crippen molar-refractivity contribution in [2.75, 3.05) is 26.2 Å². The number of amides is 1. The van der Waals surface area contributed by atoms with E-state index in [1.54, 1.807) is 0 Å². The fourth-order valence-electron chi connectivity index (χ4n) is 1.87. The molecule has 0 aliphatic carbocycles. The second-order valence-electron chi connectivity index (χ2n) is 4.43. The Labute approximate surface area is 105 Å². The number of carbonyl (C=O) groups excluding carboxylic acids is 1. The van der Waals surface area contributed by atoms with Crippen LogP contribution in [0.4, 0.5) is 0 Å². The molecule has 1 amide bonds. The van der Waals surface area contributed by atoms with Gasteiger partial charge in [0.1, 0.15) is 0 Å². The summed E-state index contributed by atoms with van der Waals surface area (Å²) in [5, 5.41) is 12.2. The van der Waals surface area contributed by atoms with Gasteiger partial charge in [0.2, 0.25) is 5.91 Å². The molecule has 0 rings (SSSR count). The number of nitrogens with one attached hydrogen (secondary N) is 1. The van der Waals surface area contributed by atoms with Crippen LogP contribution in [0, 0.1) is 5.92 Å². The van der Waals surface area contributed by atoms with Gasteiger partial charge in [-0.05, 0) is 39.7 Å². The summed E-state index contributed by atoms with van der Waals surface area (Å²) in [6.07, 6.45) is 1.83. The van der Waals surface area contributed by atoms with Gasteiger partial charge in [-0.2, -0.15) is 0 Å². The maximum absolute atomic E-state index is 12.0. The minimum absolute atomic E-state index is 0.136. The number of hydrogen-bond acceptors (Lipinski definition) is 3. The Morgan fingerprint density at radius 1 is 1.29 bits per heavy atom. The monoisotopic (exact) mass is 244 g/mol. The van der Waals surface area contributed by atoms with E-state index in [0.29, 0.717) is 5.92 Å². The lowest BCUT2D eigenvalue weighted by atomic mass is 10.0. The Kier molecular flexibility index (Phi) is 9.09. The fourth-order valence-corrected chi connectivity index (χ4v) is 1.87. The number of hydrogen-bond donors (Lipinski definition) is 2. The van der Waals surface area contributed by atoms with Gasteiger partial charge in [0.25, 0.3) is 0 Å². The third-order valence-electron chi connectivity index (χ3n) is 3.27. The Morgan fingerprint density at radius 3 is 2.29 bits per heavy atom. The Bertz CT molecular complexity index is 206. The molecule has 0 saturated heterocycles. The van der Waals surface area contributed by atoms with Crippen LogP contribution in [-0.4, -0.2) is 48.2 Å². The molecule has 0 aromatic rings. The summed E-state index contributed by atoms with van der Waals surface area (Å²) >= 11 is 0. The molecule has 2 N–H and O–H groups in total. The van der Waals surface area contributed by atoms with Crippen molar-refractivity contribution < 1.29 is 9.90 Å². The minimum Gasteiger partial charge on any atom is -0.396 e. The second-order valence-corrected chi connectivity index (χ2v) is 4.43. The first kappa shape index (κ1) is 16.4. The predicted octanol–water partition coefficient (Wildman–Crippen LogP) is 1.24. The van der Waals surface area contributed by atoms with Gasteiger partial charge in [0.15, 0.2) is 0 Å². The highest BCUT2D eigenvalue weighted by Crippen LogP contribution is 2.06. The van der Waals surface area contributed by atoms with Crippen molar-refractivity contribution in [2.45, 2.75) is 46.6 Å². The van der Waals surface area contributed by atoms with Crippen LogP contribution in [0.5, 0.6) is 0 Å². The molecule has 4 heteroatoms. The van der Waals surface area contributed by atoms with E-state index >= 15 is 0 Å². The van der Waals surface area contributed by atoms with Crippen molar-refractivity contribution in [1.82, 2.24) is 10.2 Å². The third-order valence-corrected chi connectivity index (χ3v) is 3.27. The molecule has 4 nitrogen and oxygen atoms in total. The zero-order valence-corrected chi connectivity index (χ0v) is 11.7. The van der Waals surface area contributed by atoms with E-state index in [2.05, 4.69) is 12.2 Å². The summed E-state index contributed by atoms with van der Waals surface area (Å²) < 4.78 is 0. The molecule has 0 saturated carbocycles. The van der Waals surface area contributed by atoms with Gasteiger partial charge in [0, 0.05) is 19.7 Å². The van der Waals surface area contributed by atoms with Crippen molar-refractivity contribution in [2.24, 2.45) is 5.92 Å². The molecule has 102 valence electrons. The Balaban J connectivity index is 4.06. The zero-order valence-electron chi connectivity index (χ0n) is 11.7.